The smallest absolute Gasteiger partial charge is 0.326 e. The minimum absolute atomic E-state index is 0.0542. The van der Waals surface area contributed by atoms with Crippen LogP contribution in [0.2, 0.25) is 0 Å². The lowest BCUT2D eigenvalue weighted by molar-refractivity contribution is -0.148. The van der Waals surface area contributed by atoms with E-state index in [-0.39, 0.29) is 31.7 Å². The molecule has 0 radical (unpaired) electrons. The number of aromatic nitrogens is 2. The third kappa shape index (κ3) is 3.08. The van der Waals surface area contributed by atoms with E-state index < -0.39 is 18.1 Å². The van der Waals surface area contributed by atoms with Crippen LogP contribution < -0.4 is 0 Å². The van der Waals surface area contributed by atoms with E-state index >= 15 is 0 Å². The summed E-state index contributed by atoms with van der Waals surface area (Å²) in [7, 11) is 0. The average molecular weight is 269 g/mol. The zero-order valence-electron chi connectivity index (χ0n) is 10.4. The standard InChI is InChI=1S/C11H15N3O5/c1-6-12-9(19-13-6)2-3-10(16)14-5-7(15)4-8(14)11(17)18/h7-8,15H,2-5H2,1H3,(H,17,18)/t7?,8-/m0/s1. The SMILES string of the molecule is Cc1noc(CCC(=O)N2CC(O)C[C@H]2C(=O)O)n1. The van der Waals surface area contributed by atoms with Crippen LogP contribution in [-0.2, 0) is 16.0 Å². The van der Waals surface area contributed by atoms with Crippen LogP contribution >= 0.6 is 0 Å². The lowest BCUT2D eigenvalue weighted by Gasteiger charge is -2.20. The quantitative estimate of drug-likeness (QED) is 0.746. The van der Waals surface area contributed by atoms with Crippen LogP contribution in [0.4, 0.5) is 0 Å². The molecule has 2 atom stereocenters. The van der Waals surface area contributed by atoms with Crippen LogP contribution in [0.3, 0.4) is 0 Å². The van der Waals surface area contributed by atoms with Gasteiger partial charge in [0.25, 0.3) is 0 Å². The number of carbonyl (C=O) groups excluding carboxylic acids is 1. The molecule has 1 aliphatic heterocycles. The average Bonchev–Trinajstić information content (AvgIpc) is 2.92. The first-order chi connectivity index (χ1) is 8.97. The summed E-state index contributed by atoms with van der Waals surface area (Å²) < 4.78 is 4.88. The predicted molar refractivity (Wildman–Crippen MR) is 61.1 cm³/mol. The number of aryl methyl sites for hydroxylation is 2. The highest BCUT2D eigenvalue weighted by atomic mass is 16.5. The Labute approximate surface area is 109 Å². The number of aliphatic hydroxyl groups is 1. The minimum atomic E-state index is -1.10. The zero-order chi connectivity index (χ0) is 14.0. The highest BCUT2D eigenvalue weighted by molar-refractivity contribution is 5.84. The maximum absolute atomic E-state index is 11.9. The van der Waals surface area contributed by atoms with Crippen LogP contribution in [0.15, 0.2) is 4.52 Å². The molecule has 1 aromatic rings. The monoisotopic (exact) mass is 269 g/mol. The molecule has 0 bridgehead atoms. The zero-order valence-corrected chi connectivity index (χ0v) is 10.4. The highest BCUT2D eigenvalue weighted by Gasteiger charge is 2.38. The third-order valence-corrected chi connectivity index (χ3v) is 3.01. The lowest BCUT2D eigenvalue weighted by Crippen LogP contribution is -2.40. The van der Waals surface area contributed by atoms with Gasteiger partial charge in [0.15, 0.2) is 5.82 Å². The normalized spacial score (nSPS) is 22.7. The Kier molecular flexibility index (Phi) is 3.79. The Bertz CT molecular complexity index is 486. The van der Waals surface area contributed by atoms with E-state index in [0.717, 1.165) is 0 Å². The van der Waals surface area contributed by atoms with Gasteiger partial charge in [-0.2, -0.15) is 4.98 Å². The number of carboxylic acids is 1. The van der Waals surface area contributed by atoms with Gasteiger partial charge in [0.05, 0.1) is 6.10 Å². The Morgan fingerprint density at radius 1 is 1.53 bits per heavy atom. The summed E-state index contributed by atoms with van der Waals surface area (Å²) in [6.07, 6.45) is -0.368. The van der Waals surface area contributed by atoms with Crippen LogP contribution in [0, 0.1) is 6.92 Å². The van der Waals surface area contributed by atoms with Gasteiger partial charge in [0.2, 0.25) is 11.8 Å². The van der Waals surface area contributed by atoms with Crippen molar-refractivity contribution in [2.24, 2.45) is 0 Å². The number of nitrogens with zero attached hydrogens (tertiary/aromatic N) is 3. The van der Waals surface area contributed by atoms with E-state index in [9.17, 15) is 14.7 Å². The number of hydrogen-bond acceptors (Lipinski definition) is 6. The number of rotatable bonds is 4. The molecule has 1 aliphatic rings. The Morgan fingerprint density at radius 3 is 2.84 bits per heavy atom. The Morgan fingerprint density at radius 2 is 2.26 bits per heavy atom. The van der Waals surface area contributed by atoms with E-state index in [1.807, 2.05) is 0 Å². The first-order valence-electron chi connectivity index (χ1n) is 5.97. The molecule has 1 aromatic heterocycles. The molecule has 0 aliphatic carbocycles. The maximum Gasteiger partial charge on any atom is 0.326 e. The van der Waals surface area contributed by atoms with Crippen LogP contribution in [-0.4, -0.2) is 55.8 Å². The van der Waals surface area contributed by atoms with Crippen molar-refractivity contribution in [1.82, 2.24) is 15.0 Å². The van der Waals surface area contributed by atoms with Crippen molar-refractivity contribution < 1.29 is 24.3 Å². The Hall–Kier alpha value is -1.96. The molecule has 1 saturated heterocycles. The van der Waals surface area contributed by atoms with E-state index in [2.05, 4.69) is 10.1 Å². The largest absolute Gasteiger partial charge is 0.480 e. The Balaban J connectivity index is 1.93. The fraction of sp³-hybridized carbons (Fsp3) is 0.636. The van der Waals surface area contributed by atoms with Gasteiger partial charge < -0.3 is 19.6 Å². The summed E-state index contributed by atoms with van der Waals surface area (Å²) in [5.74, 6) is -0.599. The number of amides is 1. The number of likely N-dealkylation sites (tertiary alicyclic amines) is 1. The van der Waals surface area contributed by atoms with Crippen molar-refractivity contribution in [2.45, 2.75) is 38.3 Å². The van der Waals surface area contributed by atoms with E-state index in [0.29, 0.717) is 11.7 Å². The third-order valence-electron chi connectivity index (χ3n) is 3.01. The number of carbonyl (C=O) groups is 2. The summed E-state index contributed by atoms with van der Waals surface area (Å²) in [5.41, 5.74) is 0. The molecule has 19 heavy (non-hydrogen) atoms. The van der Waals surface area contributed by atoms with Crippen molar-refractivity contribution >= 4 is 11.9 Å². The minimum Gasteiger partial charge on any atom is -0.480 e. The van der Waals surface area contributed by atoms with Crippen molar-refractivity contribution in [1.29, 1.82) is 0 Å². The second-order valence-electron chi connectivity index (χ2n) is 4.52. The molecule has 1 fully saturated rings. The van der Waals surface area contributed by atoms with E-state index in [1.54, 1.807) is 6.92 Å². The number of carboxylic acid groups (broad SMARTS) is 1. The van der Waals surface area contributed by atoms with Crippen LogP contribution in [0.1, 0.15) is 24.6 Å². The van der Waals surface area contributed by atoms with Gasteiger partial charge in [-0.3, -0.25) is 4.79 Å². The molecule has 2 N–H and O–H groups in total. The molecular formula is C11H15N3O5. The molecule has 104 valence electrons. The molecule has 8 nitrogen and oxygen atoms in total. The van der Waals surface area contributed by atoms with Gasteiger partial charge in [-0.1, -0.05) is 5.16 Å². The first-order valence-corrected chi connectivity index (χ1v) is 5.97. The topological polar surface area (TPSA) is 117 Å². The second-order valence-corrected chi connectivity index (χ2v) is 4.52. The van der Waals surface area contributed by atoms with Crippen molar-refractivity contribution in [3.05, 3.63) is 11.7 Å². The van der Waals surface area contributed by atoms with Gasteiger partial charge >= 0.3 is 5.97 Å². The van der Waals surface area contributed by atoms with Crippen LogP contribution in [0.25, 0.3) is 0 Å². The molecule has 1 unspecified atom stereocenters. The van der Waals surface area contributed by atoms with Crippen molar-refractivity contribution in [3.8, 4) is 0 Å². The fourth-order valence-electron chi connectivity index (χ4n) is 2.12. The molecular weight excluding hydrogens is 254 g/mol. The molecule has 0 saturated carbocycles. The maximum atomic E-state index is 11.9. The molecule has 2 rings (SSSR count). The van der Waals surface area contributed by atoms with Gasteiger partial charge in [0.1, 0.15) is 6.04 Å². The summed E-state index contributed by atoms with van der Waals surface area (Å²) in [5, 5.41) is 22.1. The number of aliphatic carboxylic acids is 1. The summed E-state index contributed by atoms with van der Waals surface area (Å²) in [6, 6.07) is -0.952. The first kappa shape index (κ1) is 13.5. The summed E-state index contributed by atoms with van der Waals surface area (Å²) >= 11 is 0. The van der Waals surface area contributed by atoms with Crippen LogP contribution in [0.5, 0.6) is 0 Å². The molecule has 0 aromatic carbocycles. The fourth-order valence-corrected chi connectivity index (χ4v) is 2.12. The summed E-state index contributed by atoms with van der Waals surface area (Å²) in [6.45, 7) is 1.73. The second kappa shape index (κ2) is 5.35. The van der Waals surface area contributed by atoms with Gasteiger partial charge in [-0.15, -0.1) is 0 Å². The van der Waals surface area contributed by atoms with Crippen molar-refractivity contribution in [3.63, 3.8) is 0 Å². The molecule has 2 heterocycles. The van der Waals surface area contributed by atoms with Gasteiger partial charge in [-0.25, -0.2) is 4.79 Å². The lowest BCUT2D eigenvalue weighted by atomic mass is 10.2. The summed E-state index contributed by atoms with van der Waals surface area (Å²) in [4.78, 5) is 28.1. The van der Waals surface area contributed by atoms with E-state index in [4.69, 9.17) is 9.63 Å². The van der Waals surface area contributed by atoms with E-state index in [1.165, 1.54) is 4.90 Å². The van der Waals surface area contributed by atoms with Gasteiger partial charge in [0, 0.05) is 25.8 Å². The number of aliphatic hydroxyl groups excluding tert-OH is 1. The highest BCUT2D eigenvalue weighted by Crippen LogP contribution is 2.19. The molecule has 1 amide bonds. The molecule has 8 heteroatoms. The van der Waals surface area contributed by atoms with Gasteiger partial charge in [-0.05, 0) is 6.92 Å². The number of β-amino-alcohol motifs (C(OH)–C–C–N with tert-alkyl or cyclic N) is 1. The van der Waals surface area contributed by atoms with Crippen molar-refractivity contribution in [2.75, 3.05) is 6.54 Å². The number of hydrogen-bond donors (Lipinski definition) is 2. The molecule has 0 spiro atoms. The predicted octanol–water partition coefficient (Wildman–Crippen LogP) is -0.643.